The molecule has 0 saturated carbocycles. The van der Waals surface area contributed by atoms with Gasteiger partial charge in [0.15, 0.2) is 0 Å². The smallest absolute Gasteiger partial charge is 0.206 e. The molecule has 0 bridgehead atoms. The van der Waals surface area contributed by atoms with Crippen molar-refractivity contribution in [2.24, 2.45) is 5.73 Å². The van der Waals surface area contributed by atoms with E-state index in [0.29, 0.717) is 6.54 Å². The summed E-state index contributed by atoms with van der Waals surface area (Å²) in [5.74, 6) is 0. The highest BCUT2D eigenvalue weighted by Gasteiger charge is 2.11. The molecule has 0 unspecified atom stereocenters. The van der Waals surface area contributed by atoms with Gasteiger partial charge in [-0.3, -0.25) is 5.10 Å². The first-order valence-corrected chi connectivity index (χ1v) is 9.80. The quantitative estimate of drug-likeness (QED) is 0.456. The minimum atomic E-state index is -0.0410. The van der Waals surface area contributed by atoms with Gasteiger partial charge in [0, 0.05) is 28.6 Å². The molecule has 6 nitrogen and oxygen atoms in total. The molecule has 27 heavy (non-hydrogen) atoms. The van der Waals surface area contributed by atoms with Crippen molar-refractivity contribution in [3.05, 3.63) is 58.7 Å². The number of fused-ring (bicyclic) bond motifs is 1. The van der Waals surface area contributed by atoms with Crippen molar-refractivity contribution in [1.29, 1.82) is 0 Å². The standard InChI is InChI=1S/C19H19ClN6S/c1-11-16-9-13(5-6-17(16)24-23-11)18-25-26-19(27-18)22-10-15(21)8-12-3-2-4-14(20)7-12/h2-7,9,15H,8,10,21H2,1H3,(H,22,26)(H,23,24)/t15-/m1/s1. The van der Waals surface area contributed by atoms with Gasteiger partial charge in [-0.25, -0.2) is 0 Å². The monoisotopic (exact) mass is 398 g/mol. The summed E-state index contributed by atoms with van der Waals surface area (Å²) in [5.41, 5.74) is 10.4. The minimum Gasteiger partial charge on any atom is -0.359 e. The number of benzene rings is 2. The van der Waals surface area contributed by atoms with Crippen LogP contribution in [0.2, 0.25) is 5.02 Å². The summed E-state index contributed by atoms with van der Waals surface area (Å²) < 4.78 is 0. The van der Waals surface area contributed by atoms with Crippen LogP contribution in [0.5, 0.6) is 0 Å². The number of nitrogens with one attached hydrogen (secondary N) is 2. The predicted molar refractivity (Wildman–Crippen MR) is 111 cm³/mol. The molecule has 0 amide bonds. The van der Waals surface area contributed by atoms with Gasteiger partial charge < -0.3 is 11.1 Å². The third-order valence-electron chi connectivity index (χ3n) is 4.33. The molecule has 4 N–H and O–H groups in total. The second-order valence-electron chi connectivity index (χ2n) is 6.46. The minimum absolute atomic E-state index is 0.0410. The largest absolute Gasteiger partial charge is 0.359 e. The molecule has 4 rings (SSSR count). The van der Waals surface area contributed by atoms with Gasteiger partial charge in [-0.1, -0.05) is 35.1 Å². The van der Waals surface area contributed by atoms with E-state index in [2.05, 4.69) is 31.8 Å². The topological polar surface area (TPSA) is 92.5 Å². The molecule has 2 heterocycles. The Morgan fingerprint density at radius 1 is 1.22 bits per heavy atom. The fourth-order valence-electron chi connectivity index (χ4n) is 2.95. The molecule has 138 valence electrons. The first-order valence-electron chi connectivity index (χ1n) is 8.61. The van der Waals surface area contributed by atoms with Gasteiger partial charge in [0.2, 0.25) is 5.13 Å². The number of H-pyrrole nitrogens is 1. The van der Waals surface area contributed by atoms with E-state index in [1.807, 2.05) is 43.3 Å². The van der Waals surface area contributed by atoms with E-state index in [4.69, 9.17) is 17.3 Å². The number of aromatic nitrogens is 4. The van der Waals surface area contributed by atoms with Gasteiger partial charge in [0.1, 0.15) is 5.01 Å². The first kappa shape index (κ1) is 17.9. The highest BCUT2D eigenvalue weighted by molar-refractivity contribution is 7.18. The molecule has 0 saturated heterocycles. The third kappa shape index (κ3) is 4.10. The number of halogens is 1. The van der Waals surface area contributed by atoms with Gasteiger partial charge in [-0.2, -0.15) is 5.10 Å². The molecule has 8 heteroatoms. The summed E-state index contributed by atoms with van der Waals surface area (Å²) in [6.07, 6.45) is 0.746. The van der Waals surface area contributed by atoms with Gasteiger partial charge >= 0.3 is 0 Å². The van der Waals surface area contributed by atoms with Crippen LogP contribution in [0, 0.1) is 6.92 Å². The van der Waals surface area contributed by atoms with Crippen molar-refractivity contribution in [3.63, 3.8) is 0 Å². The van der Waals surface area contributed by atoms with Crippen molar-refractivity contribution < 1.29 is 0 Å². The summed E-state index contributed by atoms with van der Waals surface area (Å²) in [6, 6.07) is 13.9. The van der Waals surface area contributed by atoms with Crippen LogP contribution >= 0.6 is 22.9 Å². The average Bonchev–Trinajstić information content (AvgIpc) is 3.27. The lowest BCUT2D eigenvalue weighted by Gasteiger charge is -2.12. The van der Waals surface area contributed by atoms with Crippen LogP contribution < -0.4 is 11.1 Å². The first-order chi connectivity index (χ1) is 13.1. The number of rotatable bonds is 6. The maximum atomic E-state index is 6.23. The molecule has 1 atom stereocenters. The maximum absolute atomic E-state index is 6.23. The molecule has 0 aliphatic rings. The molecule has 0 fully saturated rings. The van der Waals surface area contributed by atoms with Crippen LogP contribution in [0.1, 0.15) is 11.3 Å². The Hall–Kier alpha value is -2.48. The van der Waals surface area contributed by atoms with E-state index < -0.39 is 0 Å². The molecular weight excluding hydrogens is 380 g/mol. The lowest BCUT2D eigenvalue weighted by molar-refractivity contribution is 0.698. The number of aryl methyl sites for hydroxylation is 1. The van der Waals surface area contributed by atoms with Crippen LogP contribution in [0.4, 0.5) is 5.13 Å². The lowest BCUT2D eigenvalue weighted by Crippen LogP contribution is -2.31. The summed E-state index contributed by atoms with van der Waals surface area (Å²) in [5, 5.41) is 22.5. The van der Waals surface area contributed by atoms with Crippen molar-refractivity contribution >= 4 is 39.0 Å². The second kappa shape index (κ2) is 7.64. The predicted octanol–water partition coefficient (Wildman–Crippen LogP) is 4.03. The molecule has 4 aromatic rings. The molecule has 0 aliphatic carbocycles. The molecule has 2 aromatic carbocycles. The van der Waals surface area contributed by atoms with E-state index in [-0.39, 0.29) is 6.04 Å². The average molecular weight is 399 g/mol. The molecule has 2 aromatic heterocycles. The Balaban J connectivity index is 1.40. The zero-order valence-electron chi connectivity index (χ0n) is 14.7. The number of hydrogen-bond acceptors (Lipinski definition) is 6. The molecular formula is C19H19ClN6S. The number of hydrogen-bond donors (Lipinski definition) is 3. The Kier molecular flexibility index (Phi) is 5.07. The van der Waals surface area contributed by atoms with Crippen LogP contribution in [-0.4, -0.2) is 33.0 Å². The Labute approximate surface area is 165 Å². The van der Waals surface area contributed by atoms with Crippen molar-refractivity contribution in [1.82, 2.24) is 20.4 Å². The number of anilines is 1. The van der Waals surface area contributed by atoms with E-state index in [1.54, 1.807) is 0 Å². The second-order valence-corrected chi connectivity index (χ2v) is 7.87. The van der Waals surface area contributed by atoms with Crippen LogP contribution in [0.3, 0.4) is 0 Å². The summed E-state index contributed by atoms with van der Waals surface area (Å²) in [6.45, 7) is 2.60. The van der Waals surface area contributed by atoms with E-state index in [1.165, 1.54) is 11.3 Å². The molecule has 0 radical (unpaired) electrons. The van der Waals surface area contributed by atoms with E-state index >= 15 is 0 Å². The Morgan fingerprint density at radius 2 is 2.11 bits per heavy atom. The van der Waals surface area contributed by atoms with Crippen molar-refractivity contribution in [3.8, 4) is 10.6 Å². The fourth-order valence-corrected chi connectivity index (χ4v) is 3.91. The third-order valence-corrected chi connectivity index (χ3v) is 5.49. The fraction of sp³-hybridized carbons (Fsp3) is 0.211. The highest BCUT2D eigenvalue weighted by Crippen LogP contribution is 2.29. The number of nitrogens with two attached hydrogens (primary N) is 1. The van der Waals surface area contributed by atoms with Gasteiger partial charge in [0.25, 0.3) is 0 Å². The van der Waals surface area contributed by atoms with Crippen molar-refractivity contribution in [2.75, 3.05) is 11.9 Å². The van der Waals surface area contributed by atoms with Crippen LogP contribution in [-0.2, 0) is 6.42 Å². The SMILES string of the molecule is Cc1n[nH]c2ccc(-c3nnc(NC[C@H](N)Cc4cccc(Cl)c4)s3)cc12. The van der Waals surface area contributed by atoms with E-state index in [9.17, 15) is 0 Å². The zero-order chi connectivity index (χ0) is 18.8. The molecule has 0 aliphatic heterocycles. The Bertz CT molecular complexity index is 1070. The van der Waals surface area contributed by atoms with Crippen LogP contribution in [0.15, 0.2) is 42.5 Å². The van der Waals surface area contributed by atoms with Gasteiger partial charge in [-0.05, 0) is 49.2 Å². The highest BCUT2D eigenvalue weighted by atomic mass is 35.5. The normalized spacial score (nSPS) is 12.4. The maximum Gasteiger partial charge on any atom is 0.206 e. The zero-order valence-corrected chi connectivity index (χ0v) is 16.3. The summed E-state index contributed by atoms with van der Waals surface area (Å²) >= 11 is 7.54. The Morgan fingerprint density at radius 3 is 2.96 bits per heavy atom. The van der Waals surface area contributed by atoms with Gasteiger partial charge in [0.05, 0.1) is 11.2 Å². The summed E-state index contributed by atoms with van der Waals surface area (Å²) in [7, 11) is 0. The van der Waals surface area contributed by atoms with Crippen molar-refractivity contribution in [2.45, 2.75) is 19.4 Å². The van der Waals surface area contributed by atoms with Gasteiger partial charge in [-0.15, -0.1) is 10.2 Å². The number of aromatic amines is 1. The lowest BCUT2D eigenvalue weighted by atomic mass is 10.1. The summed E-state index contributed by atoms with van der Waals surface area (Å²) in [4.78, 5) is 0. The molecule has 0 spiro atoms. The van der Waals surface area contributed by atoms with Crippen LogP contribution in [0.25, 0.3) is 21.5 Å². The van der Waals surface area contributed by atoms with E-state index in [0.717, 1.165) is 49.3 Å². The number of nitrogens with zero attached hydrogens (tertiary/aromatic N) is 3.